The Kier molecular flexibility index (Phi) is 4.97. The van der Waals surface area contributed by atoms with Crippen molar-refractivity contribution in [3.8, 4) is 11.5 Å². The van der Waals surface area contributed by atoms with E-state index in [1.165, 1.54) is 7.11 Å². The first-order valence-corrected chi connectivity index (χ1v) is 5.50. The minimum Gasteiger partial charge on any atom is -0.493 e. The van der Waals surface area contributed by atoms with Crippen LogP contribution in [-0.4, -0.2) is 31.7 Å². The molecule has 94 valence electrons. The lowest BCUT2D eigenvalue weighted by molar-refractivity contribution is 0.0970. The fourth-order valence-corrected chi connectivity index (χ4v) is 1.66. The molecule has 1 N–H and O–H groups in total. The van der Waals surface area contributed by atoms with E-state index in [9.17, 15) is 4.79 Å². The minimum absolute atomic E-state index is 0.0116. The second-order valence-electron chi connectivity index (χ2n) is 3.77. The zero-order valence-corrected chi connectivity index (χ0v) is 10.4. The maximum absolute atomic E-state index is 11.9. The van der Waals surface area contributed by atoms with E-state index in [4.69, 9.17) is 14.6 Å². The van der Waals surface area contributed by atoms with Crippen LogP contribution in [0, 0.1) is 6.92 Å². The second kappa shape index (κ2) is 6.25. The van der Waals surface area contributed by atoms with Crippen LogP contribution in [0.1, 0.15) is 28.8 Å². The SMILES string of the molecule is COc1cc(C)c(C(=O)CCCO)cc1OC. The van der Waals surface area contributed by atoms with Gasteiger partial charge in [0.2, 0.25) is 0 Å². The zero-order chi connectivity index (χ0) is 12.8. The monoisotopic (exact) mass is 238 g/mol. The van der Waals surface area contributed by atoms with Crippen LogP contribution < -0.4 is 9.47 Å². The molecule has 4 nitrogen and oxygen atoms in total. The minimum atomic E-state index is 0.0116. The number of benzene rings is 1. The number of aliphatic hydroxyl groups excluding tert-OH is 1. The first-order chi connectivity index (χ1) is 8.13. The molecule has 0 fully saturated rings. The number of aryl methyl sites for hydroxylation is 1. The fourth-order valence-electron chi connectivity index (χ4n) is 1.66. The first-order valence-electron chi connectivity index (χ1n) is 5.50. The van der Waals surface area contributed by atoms with Gasteiger partial charge in [0.05, 0.1) is 14.2 Å². The van der Waals surface area contributed by atoms with Crippen LogP contribution in [0.5, 0.6) is 11.5 Å². The fraction of sp³-hybridized carbons (Fsp3) is 0.462. The predicted octanol–water partition coefficient (Wildman–Crippen LogP) is 1.97. The highest BCUT2D eigenvalue weighted by Crippen LogP contribution is 2.30. The van der Waals surface area contributed by atoms with Crippen molar-refractivity contribution in [3.05, 3.63) is 23.3 Å². The van der Waals surface area contributed by atoms with Crippen LogP contribution in [-0.2, 0) is 0 Å². The summed E-state index contributed by atoms with van der Waals surface area (Å²) in [6, 6.07) is 3.47. The van der Waals surface area contributed by atoms with Gasteiger partial charge in [-0.15, -0.1) is 0 Å². The van der Waals surface area contributed by atoms with Gasteiger partial charge >= 0.3 is 0 Å². The number of aliphatic hydroxyl groups is 1. The average molecular weight is 238 g/mol. The Morgan fingerprint density at radius 2 is 1.82 bits per heavy atom. The average Bonchev–Trinajstić information content (AvgIpc) is 2.35. The largest absolute Gasteiger partial charge is 0.493 e. The van der Waals surface area contributed by atoms with Crippen LogP contribution in [0.2, 0.25) is 0 Å². The van der Waals surface area contributed by atoms with Gasteiger partial charge in [-0.05, 0) is 31.0 Å². The molecule has 0 heterocycles. The highest BCUT2D eigenvalue weighted by molar-refractivity contribution is 5.98. The standard InChI is InChI=1S/C13H18O4/c1-9-7-12(16-2)13(17-3)8-10(9)11(15)5-4-6-14/h7-8,14H,4-6H2,1-3H3. The molecule has 1 aromatic carbocycles. The molecular weight excluding hydrogens is 220 g/mol. The van der Waals surface area contributed by atoms with Crippen molar-refractivity contribution in [2.75, 3.05) is 20.8 Å². The number of Topliss-reactive ketones (excluding diaryl/α,β-unsaturated/α-hetero) is 1. The van der Waals surface area contributed by atoms with Crippen molar-refractivity contribution in [1.29, 1.82) is 0 Å². The van der Waals surface area contributed by atoms with E-state index >= 15 is 0 Å². The Morgan fingerprint density at radius 1 is 1.24 bits per heavy atom. The summed E-state index contributed by atoms with van der Waals surface area (Å²) in [5.74, 6) is 1.17. The van der Waals surface area contributed by atoms with Gasteiger partial charge < -0.3 is 14.6 Å². The van der Waals surface area contributed by atoms with Crippen molar-refractivity contribution in [1.82, 2.24) is 0 Å². The lowest BCUT2D eigenvalue weighted by atomic mass is 10.0. The van der Waals surface area contributed by atoms with Gasteiger partial charge in [0.1, 0.15) is 0 Å². The molecule has 0 aliphatic heterocycles. The van der Waals surface area contributed by atoms with Crippen LogP contribution in [0.15, 0.2) is 12.1 Å². The Bertz CT molecular complexity index is 399. The highest BCUT2D eigenvalue weighted by Gasteiger charge is 2.13. The zero-order valence-electron chi connectivity index (χ0n) is 10.4. The normalized spacial score (nSPS) is 10.1. The van der Waals surface area contributed by atoms with Crippen molar-refractivity contribution < 1.29 is 19.4 Å². The number of carbonyl (C=O) groups is 1. The summed E-state index contributed by atoms with van der Waals surface area (Å²) in [6.07, 6.45) is 0.819. The molecule has 0 unspecified atom stereocenters. The number of methoxy groups -OCH3 is 2. The molecule has 0 saturated carbocycles. The first kappa shape index (κ1) is 13.5. The summed E-state index contributed by atoms with van der Waals surface area (Å²) in [6.45, 7) is 1.88. The molecule has 0 saturated heterocycles. The van der Waals surface area contributed by atoms with Gasteiger partial charge in [0.15, 0.2) is 17.3 Å². The van der Waals surface area contributed by atoms with Crippen molar-refractivity contribution in [3.63, 3.8) is 0 Å². The van der Waals surface area contributed by atoms with Crippen molar-refractivity contribution in [2.45, 2.75) is 19.8 Å². The molecule has 1 aromatic rings. The smallest absolute Gasteiger partial charge is 0.163 e. The van der Waals surface area contributed by atoms with Crippen LogP contribution in [0.25, 0.3) is 0 Å². The van der Waals surface area contributed by atoms with E-state index in [1.54, 1.807) is 19.2 Å². The molecule has 0 atom stereocenters. The van der Waals surface area contributed by atoms with Crippen LogP contribution in [0.3, 0.4) is 0 Å². The molecule has 4 heteroatoms. The van der Waals surface area contributed by atoms with E-state index in [0.29, 0.717) is 29.9 Å². The molecule has 0 bridgehead atoms. The summed E-state index contributed by atoms with van der Waals surface area (Å²) in [5, 5.41) is 8.72. The van der Waals surface area contributed by atoms with Gasteiger partial charge in [-0.1, -0.05) is 0 Å². The summed E-state index contributed by atoms with van der Waals surface area (Å²) >= 11 is 0. The van der Waals surface area contributed by atoms with Gasteiger partial charge in [0.25, 0.3) is 0 Å². The number of hydrogen-bond donors (Lipinski definition) is 1. The Hall–Kier alpha value is -1.55. The molecule has 0 aromatic heterocycles. The number of rotatable bonds is 6. The lowest BCUT2D eigenvalue weighted by Gasteiger charge is -2.11. The molecule has 17 heavy (non-hydrogen) atoms. The highest BCUT2D eigenvalue weighted by atomic mass is 16.5. The summed E-state index contributed by atoms with van der Waals surface area (Å²) in [5.41, 5.74) is 1.47. The van der Waals surface area contributed by atoms with Crippen molar-refractivity contribution >= 4 is 5.78 Å². The van der Waals surface area contributed by atoms with E-state index in [1.807, 2.05) is 6.92 Å². The van der Waals surface area contributed by atoms with Gasteiger partial charge in [-0.2, -0.15) is 0 Å². The van der Waals surface area contributed by atoms with E-state index in [0.717, 1.165) is 5.56 Å². The van der Waals surface area contributed by atoms with Crippen LogP contribution >= 0.6 is 0 Å². The van der Waals surface area contributed by atoms with Gasteiger partial charge in [-0.3, -0.25) is 4.79 Å². The molecular formula is C13H18O4. The maximum atomic E-state index is 11.9. The number of hydrogen-bond acceptors (Lipinski definition) is 4. The topological polar surface area (TPSA) is 55.8 Å². The van der Waals surface area contributed by atoms with E-state index in [2.05, 4.69) is 0 Å². The third-order valence-electron chi connectivity index (χ3n) is 2.59. The Balaban J connectivity index is 3.03. The van der Waals surface area contributed by atoms with Gasteiger partial charge in [-0.25, -0.2) is 0 Å². The maximum Gasteiger partial charge on any atom is 0.163 e. The Labute approximate surface area is 101 Å². The number of ether oxygens (including phenoxy) is 2. The predicted molar refractivity (Wildman–Crippen MR) is 64.9 cm³/mol. The lowest BCUT2D eigenvalue weighted by Crippen LogP contribution is -2.04. The summed E-state index contributed by atoms with van der Waals surface area (Å²) in [7, 11) is 3.10. The number of ketones is 1. The third-order valence-corrected chi connectivity index (χ3v) is 2.59. The Morgan fingerprint density at radius 3 is 2.35 bits per heavy atom. The summed E-state index contributed by atoms with van der Waals surface area (Å²) in [4.78, 5) is 11.9. The number of carbonyl (C=O) groups excluding carboxylic acids is 1. The van der Waals surface area contributed by atoms with E-state index in [-0.39, 0.29) is 12.4 Å². The van der Waals surface area contributed by atoms with Crippen LogP contribution in [0.4, 0.5) is 0 Å². The molecule has 0 aliphatic carbocycles. The molecule has 1 rings (SSSR count). The summed E-state index contributed by atoms with van der Waals surface area (Å²) < 4.78 is 10.3. The molecule has 0 aliphatic rings. The van der Waals surface area contributed by atoms with Gasteiger partial charge in [0, 0.05) is 18.6 Å². The molecule has 0 amide bonds. The second-order valence-corrected chi connectivity index (χ2v) is 3.77. The third kappa shape index (κ3) is 3.20. The van der Waals surface area contributed by atoms with E-state index < -0.39 is 0 Å². The molecule has 0 spiro atoms. The quantitative estimate of drug-likeness (QED) is 0.770. The molecule has 0 radical (unpaired) electrons. The van der Waals surface area contributed by atoms with Crippen molar-refractivity contribution in [2.24, 2.45) is 0 Å².